The summed E-state index contributed by atoms with van der Waals surface area (Å²) < 4.78 is 0. The van der Waals surface area contributed by atoms with Crippen molar-refractivity contribution >= 4 is 123 Å². The Balaban J connectivity index is 1.06. The number of H-pyrrole nitrogens is 1. The maximum atomic E-state index is 14.2. The minimum atomic E-state index is -1.67. The summed E-state index contributed by atoms with van der Waals surface area (Å²) in [7, 11) is 0. The van der Waals surface area contributed by atoms with Crippen molar-refractivity contribution < 1.29 is 91.4 Å². The minimum absolute atomic E-state index is 0.00893. The van der Waals surface area contributed by atoms with Gasteiger partial charge < -0.3 is 123 Å². The molecule has 0 spiro atoms. The first-order valence-electron chi connectivity index (χ1n) is 43.8. The number of nitrogens with one attached hydrogen (secondary N) is 15. The zero-order valence-electron chi connectivity index (χ0n) is 74.5. The first-order chi connectivity index (χ1) is 59.5. The number of nitrogens with zero attached hydrogens (tertiary/aromatic N) is 3. The molecule has 3 heterocycles. The number of nitrogens with two attached hydrogens (primary N) is 5. The molecule has 126 heavy (non-hydrogen) atoms. The van der Waals surface area contributed by atoms with Crippen molar-refractivity contribution in [1.29, 1.82) is 0 Å². The topological polar surface area (TPSA) is 661 Å². The van der Waals surface area contributed by atoms with Crippen LogP contribution >= 0.6 is 0 Å². The average molecular weight is 1770 g/mol. The Morgan fingerprint density at radius 2 is 1.04 bits per heavy atom. The van der Waals surface area contributed by atoms with Crippen LogP contribution in [0.5, 0.6) is 0 Å². The molecule has 26 N–H and O–H groups in total. The highest BCUT2D eigenvalue weighted by molar-refractivity contribution is 6.00. The highest BCUT2D eigenvalue weighted by Gasteiger charge is 2.42. The summed E-state index contributed by atoms with van der Waals surface area (Å²) in [4.78, 5) is 252. The molecule has 2 aromatic rings. The normalized spacial score (nSPS) is 18.2. The van der Waals surface area contributed by atoms with Gasteiger partial charge in [-0.25, -0.2) is 0 Å². The monoisotopic (exact) mass is 1770 g/mol. The van der Waals surface area contributed by atoms with E-state index >= 15 is 0 Å². The van der Waals surface area contributed by atoms with Crippen molar-refractivity contribution in [2.45, 2.75) is 277 Å². The maximum Gasteiger partial charge on any atom is 0.245 e. The number of amides is 18. The summed E-state index contributed by atoms with van der Waals surface area (Å²) >= 11 is 0. The van der Waals surface area contributed by atoms with Gasteiger partial charge in [0.05, 0.1) is 25.7 Å². The van der Waals surface area contributed by atoms with E-state index in [2.05, 4.69) is 84.4 Å². The quantitative estimate of drug-likeness (QED) is 0.0170. The van der Waals surface area contributed by atoms with E-state index in [0.717, 1.165) is 16.5 Å². The SMILES string of the molecule is CC[C@H](C)[C@H](NC(=O)CNC(=O)[C@H](CO)NC(=O)[C@@H](NC(=O)[C@H](CC(C)C)NC(=O)[C@H](CCC(N)=O)NC(=O)C1CCC(NC(=O)[C@@H]2CCCN2C(=O)[C@H](C)NC(=O)CNC(=O)[C@H](CC(C)C)NC(=O)[C@H](CC(C)C)NC(=O)[C@@H](N)CCCN=C(N)N)CC1)C(C)C)C(=O)NCCC(=O)NCCC(=O)N1CCC[C@H]1C(=O)N[C@@H](Cc1c[nH]c2ccccc12)C(N)=O. The Morgan fingerprint density at radius 1 is 0.508 bits per heavy atom. The van der Waals surface area contributed by atoms with E-state index in [4.69, 9.17) is 28.7 Å². The lowest BCUT2D eigenvalue weighted by molar-refractivity contribution is -0.141. The third-order valence-corrected chi connectivity index (χ3v) is 22.3. The number of carbonyl (C=O) groups excluding carboxylic acids is 18. The van der Waals surface area contributed by atoms with E-state index in [0.29, 0.717) is 51.4 Å². The number of aliphatic imine (C=N–C) groups is 1. The van der Waals surface area contributed by atoms with Gasteiger partial charge in [0.2, 0.25) is 106 Å². The van der Waals surface area contributed by atoms with E-state index in [1.807, 2.05) is 52.0 Å². The van der Waals surface area contributed by atoms with E-state index < -0.39 is 222 Å². The Bertz CT molecular complexity index is 4120. The van der Waals surface area contributed by atoms with E-state index in [1.165, 1.54) is 16.7 Å². The number of carbonyl (C=O) groups is 18. The Hall–Kier alpha value is -11.6. The number of aromatic amines is 1. The molecule has 0 bridgehead atoms. The molecule has 42 nitrogen and oxygen atoms in total. The zero-order valence-corrected chi connectivity index (χ0v) is 74.5. The third kappa shape index (κ3) is 34.7. The highest BCUT2D eigenvalue weighted by atomic mass is 16.3. The predicted octanol–water partition coefficient (Wildman–Crippen LogP) is -4.04. The van der Waals surface area contributed by atoms with Crippen molar-refractivity contribution in [3.63, 3.8) is 0 Å². The van der Waals surface area contributed by atoms with Gasteiger partial charge in [-0.15, -0.1) is 0 Å². The summed E-state index contributed by atoms with van der Waals surface area (Å²) in [6, 6.07) is -6.94. The van der Waals surface area contributed by atoms with Crippen LogP contribution in [0.25, 0.3) is 10.9 Å². The van der Waals surface area contributed by atoms with Gasteiger partial charge in [-0.05, 0) is 138 Å². The summed E-state index contributed by atoms with van der Waals surface area (Å²) in [5.74, 6) is -14.6. The molecule has 1 aromatic heterocycles. The molecular formula is C84H137N23O19. The predicted molar refractivity (Wildman–Crippen MR) is 465 cm³/mol. The van der Waals surface area contributed by atoms with E-state index in [-0.39, 0.29) is 127 Å². The molecule has 5 rings (SSSR count). The summed E-state index contributed by atoms with van der Waals surface area (Å²) in [5, 5.41) is 48.0. The van der Waals surface area contributed by atoms with Crippen LogP contribution in [0.3, 0.4) is 0 Å². The van der Waals surface area contributed by atoms with Crippen LogP contribution in [0.1, 0.15) is 197 Å². The number of likely N-dealkylation sites (tertiary alicyclic amines) is 2. The zero-order chi connectivity index (χ0) is 93.8. The maximum absolute atomic E-state index is 14.2. The number of rotatable bonds is 52. The number of hydrogen-bond donors (Lipinski definition) is 21. The molecule has 3 fully saturated rings. The van der Waals surface area contributed by atoms with E-state index in [9.17, 15) is 91.4 Å². The molecule has 13 atom stereocenters. The van der Waals surface area contributed by atoms with Crippen LogP contribution in [-0.4, -0.2) is 263 Å². The van der Waals surface area contributed by atoms with Gasteiger partial charge in [0.15, 0.2) is 5.96 Å². The average Bonchev–Trinajstić information content (AvgIpc) is 1.65. The Morgan fingerprint density at radius 3 is 1.61 bits per heavy atom. The molecule has 2 aliphatic heterocycles. The lowest BCUT2D eigenvalue weighted by Gasteiger charge is -2.32. The lowest BCUT2D eigenvalue weighted by atomic mass is 9.85. The van der Waals surface area contributed by atoms with Gasteiger partial charge >= 0.3 is 0 Å². The largest absolute Gasteiger partial charge is 0.394 e. The van der Waals surface area contributed by atoms with Crippen molar-refractivity contribution in [3.8, 4) is 0 Å². The molecule has 1 aliphatic carbocycles. The van der Waals surface area contributed by atoms with Crippen molar-refractivity contribution in [2.24, 2.45) is 69.2 Å². The van der Waals surface area contributed by atoms with Crippen molar-refractivity contribution in [3.05, 3.63) is 36.0 Å². The number of aliphatic hydroxyl groups is 1. The molecule has 18 amide bonds. The smallest absolute Gasteiger partial charge is 0.245 e. The molecule has 42 heteroatoms. The number of aliphatic hydroxyl groups excluding tert-OH is 1. The van der Waals surface area contributed by atoms with Crippen LogP contribution in [0.15, 0.2) is 35.5 Å². The molecule has 3 aliphatic rings. The summed E-state index contributed by atoms with van der Waals surface area (Å²) in [5.41, 5.74) is 29.7. The van der Waals surface area contributed by atoms with Gasteiger partial charge in [0, 0.05) is 87.5 Å². The molecule has 1 aromatic carbocycles. The van der Waals surface area contributed by atoms with Gasteiger partial charge in [-0.3, -0.25) is 91.3 Å². The minimum Gasteiger partial charge on any atom is -0.394 e. The second kappa shape index (κ2) is 52.4. The molecule has 702 valence electrons. The molecular weight excluding hydrogens is 1640 g/mol. The molecule has 0 radical (unpaired) electrons. The second-order valence-corrected chi connectivity index (χ2v) is 34.5. The summed E-state index contributed by atoms with van der Waals surface area (Å²) in [6.45, 7) is 17.2. The Kier molecular flexibility index (Phi) is 43.6. The van der Waals surface area contributed by atoms with Crippen molar-refractivity contribution in [2.75, 3.05) is 52.4 Å². The highest BCUT2D eigenvalue weighted by Crippen LogP contribution is 2.28. The standard InChI is InChI=1S/C84H137N23O19/c1-12-48(10)70(81(124)91-32-29-65(110)90-33-30-68(113)106-34-16-21-62(106)80(123)99-57(71(87)114)39-51-40-93-55-20-14-13-18-53(51)55)104-67(112)42-95-75(118)61(43-108)103-82(125)69(47(8)9)105-78(121)60(38-46(6)7)102-76(119)56(27-28-64(86)109)98-72(115)50-23-25-52(26-24-50)97-79(122)63-22-17-35-107(63)83(126)49(11)96-66(111)41-94-74(117)58(36-44(2)3)101-77(120)59(37-45(4)5)100-73(116)54(85)19-15-31-92-84(88)89/h13-14,18,20,40,44-50,52,54,56-63,69-70,93,108H,12,15-17,19,21-39,41-43,85H2,1-11H3,(H2,86,109)(H2,87,114)(H,90,110)(H,91,124)(H,94,117)(H,95,118)(H,96,111)(H,97,122)(H,98,115)(H,99,123)(H,100,116)(H,101,120)(H,102,119)(H,103,125)(H,104,112)(H,105,121)(H4,88,89,92)/t48-,49-,50?,52?,54-,56-,57-,58-,59-,60-,61-,62-,63-,69-,70-/m0/s1. The van der Waals surface area contributed by atoms with Gasteiger partial charge in [-0.2, -0.15) is 0 Å². The number of guanidine groups is 1. The van der Waals surface area contributed by atoms with Crippen LogP contribution in [0.2, 0.25) is 0 Å². The first kappa shape index (κ1) is 105. The van der Waals surface area contributed by atoms with E-state index in [1.54, 1.807) is 47.7 Å². The third-order valence-electron chi connectivity index (χ3n) is 22.3. The number of hydrogen-bond acceptors (Lipinski definition) is 21. The summed E-state index contributed by atoms with van der Waals surface area (Å²) in [6.07, 6.45) is 5.16. The molecule has 2 saturated heterocycles. The Labute approximate surface area is 735 Å². The van der Waals surface area contributed by atoms with Crippen LogP contribution < -0.4 is 103 Å². The number of fused-ring (bicyclic) bond motifs is 1. The van der Waals surface area contributed by atoms with Gasteiger partial charge in [0.25, 0.3) is 0 Å². The van der Waals surface area contributed by atoms with Crippen molar-refractivity contribution in [1.82, 2.24) is 89.2 Å². The number of benzene rings is 1. The number of primary amides is 2. The lowest BCUT2D eigenvalue weighted by Crippen LogP contribution is -2.60. The first-order valence-corrected chi connectivity index (χ1v) is 43.8. The van der Waals surface area contributed by atoms with Crippen LogP contribution in [0, 0.1) is 35.5 Å². The molecule has 1 saturated carbocycles. The number of aromatic nitrogens is 1. The van der Waals surface area contributed by atoms with Crippen LogP contribution in [-0.2, 0) is 92.7 Å². The fourth-order valence-electron chi connectivity index (χ4n) is 15.2. The van der Waals surface area contributed by atoms with Gasteiger partial charge in [0.1, 0.15) is 66.5 Å². The van der Waals surface area contributed by atoms with Gasteiger partial charge in [-0.1, -0.05) is 93.9 Å². The fraction of sp³-hybridized carbons (Fsp3) is 0.679. The number of para-hydroxylation sites is 1. The fourth-order valence-corrected chi connectivity index (χ4v) is 15.2. The second-order valence-electron chi connectivity index (χ2n) is 34.5. The van der Waals surface area contributed by atoms with Crippen LogP contribution in [0.4, 0.5) is 0 Å². The molecule has 0 unspecified atom stereocenters.